The highest BCUT2D eigenvalue weighted by molar-refractivity contribution is 5.63. The molecule has 110 valence electrons. The molecule has 2 aromatic rings. The molecule has 0 unspecified atom stereocenters. The monoisotopic (exact) mass is 282 g/mol. The maximum atomic E-state index is 5.76. The van der Waals surface area contributed by atoms with E-state index in [2.05, 4.69) is 28.9 Å². The molecular formula is C17H22N4. The molecule has 1 aromatic heterocycles. The van der Waals surface area contributed by atoms with E-state index in [1.54, 1.807) is 0 Å². The zero-order valence-corrected chi connectivity index (χ0v) is 12.5. The predicted molar refractivity (Wildman–Crippen MR) is 86.2 cm³/mol. The van der Waals surface area contributed by atoms with Crippen molar-refractivity contribution in [3.8, 4) is 11.3 Å². The topological polar surface area (TPSA) is 55.0 Å². The Labute approximate surface area is 126 Å². The van der Waals surface area contributed by atoms with Gasteiger partial charge in [-0.15, -0.1) is 0 Å². The van der Waals surface area contributed by atoms with E-state index in [9.17, 15) is 0 Å². The van der Waals surface area contributed by atoms with Crippen LogP contribution in [0.4, 0.5) is 5.95 Å². The van der Waals surface area contributed by atoms with E-state index in [0.717, 1.165) is 55.2 Å². The van der Waals surface area contributed by atoms with Crippen LogP contribution in [0.2, 0.25) is 0 Å². The Hall–Kier alpha value is -1.94. The molecule has 0 amide bonds. The number of piperidine rings is 1. The van der Waals surface area contributed by atoms with E-state index in [1.807, 2.05) is 24.4 Å². The lowest BCUT2D eigenvalue weighted by Gasteiger charge is -2.31. The smallest absolute Gasteiger partial charge is 0.225 e. The van der Waals surface area contributed by atoms with Crippen LogP contribution in [0.25, 0.3) is 11.3 Å². The van der Waals surface area contributed by atoms with Crippen LogP contribution in [0, 0.1) is 12.8 Å². The number of anilines is 1. The Bertz CT molecular complexity index is 589. The van der Waals surface area contributed by atoms with Crippen molar-refractivity contribution in [2.45, 2.75) is 19.8 Å². The first kappa shape index (κ1) is 14.0. The molecule has 0 bridgehead atoms. The first-order valence-electron chi connectivity index (χ1n) is 7.62. The zero-order valence-electron chi connectivity index (χ0n) is 12.5. The third kappa shape index (κ3) is 3.05. The summed E-state index contributed by atoms with van der Waals surface area (Å²) < 4.78 is 0. The molecule has 0 radical (unpaired) electrons. The number of nitrogens with two attached hydrogens (primary N) is 1. The van der Waals surface area contributed by atoms with Crippen LogP contribution in [-0.2, 0) is 0 Å². The Morgan fingerprint density at radius 2 is 1.90 bits per heavy atom. The quantitative estimate of drug-likeness (QED) is 0.940. The molecule has 2 N–H and O–H groups in total. The van der Waals surface area contributed by atoms with Crippen molar-refractivity contribution in [2.75, 3.05) is 24.5 Å². The number of rotatable bonds is 3. The molecule has 1 saturated heterocycles. The van der Waals surface area contributed by atoms with E-state index >= 15 is 0 Å². The molecule has 4 nitrogen and oxygen atoms in total. The SMILES string of the molecule is Cc1cnc(N2CCC(CN)CC2)nc1-c1ccccc1. The van der Waals surface area contributed by atoms with Crippen LogP contribution in [0.1, 0.15) is 18.4 Å². The van der Waals surface area contributed by atoms with Crippen LogP contribution >= 0.6 is 0 Å². The fourth-order valence-electron chi connectivity index (χ4n) is 2.84. The fourth-order valence-corrected chi connectivity index (χ4v) is 2.84. The summed E-state index contributed by atoms with van der Waals surface area (Å²) in [7, 11) is 0. The minimum Gasteiger partial charge on any atom is -0.341 e. The van der Waals surface area contributed by atoms with E-state index in [-0.39, 0.29) is 0 Å². The summed E-state index contributed by atoms with van der Waals surface area (Å²) in [6.45, 7) is 4.85. The number of aryl methyl sites for hydroxylation is 1. The fraction of sp³-hybridized carbons (Fsp3) is 0.412. The van der Waals surface area contributed by atoms with Crippen molar-refractivity contribution in [3.05, 3.63) is 42.1 Å². The van der Waals surface area contributed by atoms with Crippen LogP contribution < -0.4 is 10.6 Å². The number of hydrogen-bond donors (Lipinski definition) is 1. The van der Waals surface area contributed by atoms with Crippen LogP contribution in [0.5, 0.6) is 0 Å². The van der Waals surface area contributed by atoms with Gasteiger partial charge in [-0.1, -0.05) is 30.3 Å². The largest absolute Gasteiger partial charge is 0.341 e. The summed E-state index contributed by atoms with van der Waals surface area (Å²) in [5.74, 6) is 1.50. The van der Waals surface area contributed by atoms with Crippen molar-refractivity contribution >= 4 is 5.95 Å². The third-order valence-corrected chi connectivity index (χ3v) is 4.24. The Balaban J connectivity index is 1.85. The van der Waals surface area contributed by atoms with Gasteiger partial charge in [0.15, 0.2) is 0 Å². The summed E-state index contributed by atoms with van der Waals surface area (Å²) in [4.78, 5) is 11.6. The molecule has 1 aliphatic heterocycles. The molecule has 4 heteroatoms. The van der Waals surface area contributed by atoms with Crippen LogP contribution in [-0.4, -0.2) is 29.6 Å². The van der Waals surface area contributed by atoms with Gasteiger partial charge in [-0.2, -0.15) is 0 Å². The van der Waals surface area contributed by atoms with Crippen LogP contribution in [0.15, 0.2) is 36.5 Å². The lowest BCUT2D eigenvalue weighted by Crippen LogP contribution is -2.37. The molecule has 0 atom stereocenters. The molecule has 1 fully saturated rings. The number of nitrogens with zero attached hydrogens (tertiary/aromatic N) is 3. The van der Waals surface area contributed by atoms with Crippen molar-refractivity contribution in [1.29, 1.82) is 0 Å². The normalized spacial score (nSPS) is 16.2. The standard InChI is InChI=1S/C17H22N4/c1-13-12-19-17(21-9-7-14(11-18)8-10-21)20-16(13)15-5-3-2-4-6-15/h2-6,12,14H,7-11,18H2,1H3. The van der Waals surface area contributed by atoms with Gasteiger partial charge in [0, 0.05) is 24.8 Å². The highest BCUT2D eigenvalue weighted by atomic mass is 15.3. The summed E-state index contributed by atoms with van der Waals surface area (Å²) in [5, 5.41) is 0. The molecular weight excluding hydrogens is 260 g/mol. The molecule has 2 heterocycles. The maximum Gasteiger partial charge on any atom is 0.225 e. The van der Waals surface area contributed by atoms with E-state index in [4.69, 9.17) is 10.7 Å². The second-order valence-corrected chi connectivity index (χ2v) is 5.73. The summed E-state index contributed by atoms with van der Waals surface area (Å²) >= 11 is 0. The van der Waals surface area contributed by atoms with Gasteiger partial charge < -0.3 is 10.6 Å². The van der Waals surface area contributed by atoms with Gasteiger partial charge >= 0.3 is 0 Å². The lowest BCUT2D eigenvalue weighted by molar-refractivity contribution is 0.411. The van der Waals surface area contributed by atoms with Gasteiger partial charge in [0.1, 0.15) is 0 Å². The molecule has 1 aromatic carbocycles. The molecule has 3 rings (SSSR count). The average molecular weight is 282 g/mol. The number of benzene rings is 1. The van der Waals surface area contributed by atoms with Crippen LogP contribution in [0.3, 0.4) is 0 Å². The summed E-state index contributed by atoms with van der Waals surface area (Å²) in [6, 6.07) is 10.3. The van der Waals surface area contributed by atoms with E-state index < -0.39 is 0 Å². The van der Waals surface area contributed by atoms with Gasteiger partial charge in [-0.3, -0.25) is 0 Å². The van der Waals surface area contributed by atoms with Gasteiger partial charge in [0.25, 0.3) is 0 Å². The predicted octanol–water partition coefficient (Wildman–Crippen LogP) is 2.63. The molecule has 0 aliphatic carbocycles. The first-order valence-corrected chi connectivity index (χ1v) is 7.62. The average Bonchev–Trinajstić information content (AvgIpc) is 2.56. The van der Waals surface area contributed by atoms with Gasteiger partial charge in [0.2, 0.25) is 5.95 Å². The molecule has 21 heavy (non-hydrogen) atoms. The second kappa shape index (κ2) is 6.22. The minimum atomic E-state index is 0.653. The molecule has 0 spiro atoms. The first-order chi connectivity index (χ1) is 10.3. The zero-order chi connectivity index (χ0) is 14.7. The molecule has 1 aliphatic rings. The Morgan fingerprint density at radius 3 is 2.57 bits per heavy atom. The maximum absolute atomic E-state index is 5.76. The van der Waals surface area contributed by atoms with E-state index in [0.29, 0.717) is 5.92 Å². The second-order valence-electron chi connectivity index (χ2n) is 5.73. The van der Waals surface area contributed by atoms with Crippen molar-refractivity contribution in [3.63, 3.8) is 0 Å². The minimum absolute atomic E-state index is 0.653. The highest BCUT2D eigenvalue weighted by Gasteiger charge is 2.20. The summed E-state index contributed by atoms with van der Waals surface area (Å²) in [6.07, 6.45) is 4.20. The Kier molecular flexibility index (Phi) is 4.15. The number of aromatic nitrogens is 2. The summed E-state index contributed by atoms with van der Waals surface area (Å²) in [5.41, 5.74) is 9.05. The third-order valence-electron chi connectivity index (χ3n) is 4.24. The van der Waals surface area contributed by atoms with Gasteiger partial charge in [-0.25, -0.2) is 9.97 Å². The molecule has 0 saturated carbocycles. The van der Waals surface area contributed by atoms with E-state index in [1.165, 1.54) is 0 Å². The number of hydrogen-bond acceptors (Lipinski definition) is 4. The Morgan fingerprint density at radius 1 is 1.19 bits per heavy atom. The van der Waals surface area contributed by atoms with Crippen molar-refractivity contribution < 1.29 is 0 Å². The van der Waals surface area contributed by atoms with Gasteiger partial charge in [0.05, 0.1) is 5.69 Å². The van der Waals surface area contributed by atoms with Crippen molar-refractivity contribution in [1.82, 2.24) is 9.97 Å². The van der Waals surface area contributed by atoms with Gasteiger partial charge in [-0.05, 0) is 37.8 Å². The van der Waals surface area contributed by atoms with Crippen molar-refractivity contribution in [2.24, 2.45) is 11.7 Å². The highest BCUT2D eigenvalue weighted by Crippen LogP contribution is 2.25. The lowest BCUT2D eigenvalue weighted by atomic mass is 9.97.